The van der Waals surface area contributed by atoms with Crippen LogP contribution in [0.15, 0.2) is 72.5 Å². The van der Waals surface area contributed by atoms with E-state index in [0.29, 0.717) is 10.9 Å². The monoisotopic (exact) mass is 446 g/mol. The molecule has 0 saturated carbocycles. The number of rotatable bonds is 7. The van der Waals surface area contributed by atoms with Crippen LogP contribution in [0.3, 0.4) is 0 Å². The summed E-state index contributed by atoms with van der Waals surface area (Å²) in [5.74, 6) is -0.742. The Hall–Kier alpha value is -4.11. The average Bonchev–Trinajstić information content (AvgIpc) is 3.27. The molecule has 0 spiro atoms. The molecule has 0 unspecified atom stereocenters. The molecule has 3 aromatic heterocycles. The number of carbonyl (C=O) groups excluding carboxylic acids is 2. The van der Waals surface area contributed by atoms with Crippen molar-refractivity contribution in [3.8, 4) is 22.9 Å². The number of aryl methyl sites for hydroxylation is 1. The maximum absolute atomic E-state index is 12.5. The second kappa shape index (κ2) is 9.80. The number of aromatic nitrogens is 3. The third-order valence-corrected chi connectivity index (χ3v) is 5.03. The zero-order valence-electron chi connectivity index (χ0n) is 17.0. The molecule has 0 aliphatic carbocycles. The fraction of sp³-hybridized carbons (Fsp3) is 0.0870. The van der Waals surface area contributed by atoms with Crippen molar-refractivity contribution in [2.24, 2.45) is 0 Å². The number of anilines is 1. The minimum Gasteiger partial charge on any atom is -0.452 e. The molecule has 32 heavy (non-hydrogen) atoms. The van der Waals surface area contributed by atoms with Crippen LogP contribution in [0.25, 0.3) is 11.3 Å². The molecule has 1 N–H and O–H groups in total. The van der Waals surface area contributed by atoms with Crippen LogP contribution in [0.2, 0.25) is 0 Å². The smallest absolute Gasteiger partial charge is 0.344 e. The lowest BCUT2D eigenvalue weighted by Crippen LogP contribution is -2.21. The van der Waals surface area contributed by atoms with Crippen molar-refractivity contribution in [1.82, 2.24) is 15.0 Å². The molecule has 8 nitrogen and oxygen atoms in total. The van der Waals surface area contributed by atoms with Crippen molar-refractivity contribution in [3.63, 3.8) is 0 Å². The zero-order valence-corrected chi connectivity index (χ0v) is 17.8. The third-order valence-electron chi connectivity index (χ3n) is 4.27. The first kappa shape index (κ1) is 21.1. The molecule has 0 radical (unpaired) electrons. The van der Waals surface area contributed by atoms with Gasteiger partial charge in [0.1, 0.15) is 11.3 Å². The summed E-state index contributed by atoms with van der Waals surface area (Å²) < 4.78 is 10.7. The Morgan fingerprint density at radius 1 is 1.06 bits per heavy atom. The molecule has 1 aromatic carbocycles. The van der Waals surface area contributed by atoms with Gasteiger partial charge in [0.25, 0.3) is 5.91 Å². The van der Waals surface area contributed by atoms with E-state index in [1.807, 2.05) is 36.6 Å². The van der Waals surface area contributed by atoms with E-state index < -0.39 is 18.5 Å². The van der Waals surface area contributed by atoms with Gasteiger partial charge in [0.15, 0.2) is 11.7 Å². The van der Waals surface area contributed by atoms with Crippen molar-refractivity contribution in [2.45, 2.75) is 6.92 Å². The summed E-state index contributed by atoms with van der Waals surface area (Å²) in [7, 11) is 0. The number of ether oxygens (including phenoxy) is 2. The van der Waals surface area contributed by atoms with Gasteiger partial charge in [-0.3, -0.25) is 15.1 Å². The lowest BCUT2D eigenvalue weighted by Gasteiger charge is -2.09. The van der Waals surface area contributed by atoms with E-state index in [4.69, 9.17) is 9.47 Å². The first-order valence-electron chi connectivity index (χ1n) is 9.61. The average molecular weight is 446 g/mol. The number of amides is 1. The number of esters is 1. The van der Waals surface area contributed by atoms with Crippen LogP contribution in [0.4, 0.5) is 5.13 Å². The first-order chi connectivity index (χ1) is 15.6. The molecule has 160 valence electrons. The van der Waals surface area contributed by atoms with Crippen LogP contribution in [0, 0.1) is 6.92 Å². The van der Waals surface area contributed by atoms with Gasteiger partial charge in [-0.25, -0.2) is 14.8 Å². The highest BCUT2D eigenvalue weighted by atomic mass is 32.1. The zero-order chi connectivity index (χ0) is 22.3. The van der Waals surface area contributed by atoms with Crippen LogP contribution in [-0.4, -0.2) is 33.4 Å². The Balaban J connectivity index is 1.35. The number of pyridine rings is 2. The van der Waals surface area contributed by atoms with Gasteiger partial charge in [0.05, 0.1) is 11.9 Å². The summed E-state index contributed by atoms with van der Waals surface area (Å²) in [6.45, 7) is 1.54. The summed E-state index contributed by atoms with van der Waals surface area (Å²) in [6.07, 6.45) is 4.59. The summed E-state index contributed by atoms with van der Waals surface area (Å²) in [4.78, 5) is 37.1. The number of benzene rings is 1. The molecule has 4 aromatic rings. The molecule has 0 saturated heterocycles. The minimum absolute atomic E-state index is 0.0635. The Bertz CT molecular complexity index is 1230. The van der Waals surface area contributed by atoms with Crippen LogP contribution < -0.4 is 10.1 Å². The van der Waals surface area contributed by atoms with E-state index in [2.05, 4.69) is 20.3 Å². The van der Waals surface area contributed by atoms with Crippen LogP contribution >= 0.6 is 11.3 Å². The maximum atomic E-state index is 12.5. The Labute approximate surface area is 187 Å². The SMILES string of the molecule is Cc1ccc(-c2csc(NC(=O)COC(=O)c3cccnc3Oc3cccnc3)n2)cc1. The van der Waals surface area contributed by atoms with Crippen molar-refractivity contribution in [2.75, 3.05) is 11.9 Å². The van der Waals surface area contributed by atoms with E-state index in [-0.39, 0.29) is 11.4 Å². The number of carbonyl (C=O) groups is 2. The number of nitrogens with one attached hydrogen (secondary N) is 1. The molecular formula is C23H18N4O4S. The van der Waals surface area contributed by atoms with Crippen LogP contribution in [-0.2, 0) is 9.53 Å². The summed E-state index contributed by atoms with van der Waals surface area (Å²) in [6, 6.07) is 14.4. The topological polar surface area (TPSA) is 103 Å². The van der Waals surface area contributed by atoms with Crippen LogP contribution in [0.5, 0.6) is 11.6 Å². The first-order valence-corrected chi connectivity index (χ1v) is 10.5. The van der Waals surface area contributed by atoms with E-state index >= 15 is 0 Å². The van der Waals surface area contributed by atoms with Gasteiger partial charge >= 0.3 is 5.97 Å². The van der Waals surface area contributed by atoms with Gasteiger partial charge in [0, 0.05) is 23.3 Å². The second-order valence-electron chi connectivity index (χ2n) is 6.68. The lowest BCUT2D eigenvalue weighted by molar-refractivity contribution is -0.119. The molecule has 4 rings (SSSR count). The van der Waals surface area contributed by atoms with Gasteiger partial charge < -0.3 is 9.47 Å². The van der Waals surface area contributed by atoms with Gasteiger partial charge in [0.2, 0.25) is 5.88 Å². The highest BCUT2D eigenvalue weighted by Crippen LogP contribution is 2.25. The normalized spacial score (nSPS) is 10.4. The molecule has 0 atom stereocenters. The van der Waals surface area contributed by atoms with Crippen molar-refractivity contribution in [3.05, 3.63) is 83.6 Å². The molecule has 0 bridgehead atoms. The van der Waals surface area contributed by atoms with Gasteiger partial charge in [-0.05, 0) is 31.2 Å². The standard InChI is InChI=1S/C23H18N4O4S/c1-15-6-8-16(9-7-15)19-14-32-23(26-19)27-20(28)13-30-22(29)18-5-3-11-25-21(18)31-17-4-2-10-24-12-17/h2-12,14H,13H2,1H3,(H,26,27,28). The lowest BCUT2D eigenvalue weighted by atomic mass is 10.1. The third kappa shape index (κ3) is 5.32. The predicted octanol–water partition coefficient (Wildman–Crippen LogP) is 4.50. The van der Waals surface area contributed by atoms with Crippen molar-refractivity contribution >= 4 is 28.3 Å². The molecular weight excluding hydrogens is 428 g/mol. The Morgan fingerprint density at radius 2 is 1.88 bits per heavy atom. The highest BCUT2D eigenvalue weighted by Gasteiger charge is 2.18. The molecule has 0 aliphatic heterocycles. The molecule has 0 fully saturated rings. The summed E-state index contributed by atoms with van der Waals surface area (Å²) >= 11 is 1.29. The molecule has 3 heterocycles. The summed E-state index contributed by atoms with van der Waals surface area (Å²) in [5.41, 5.74) is 2.97. The van der Waals surface area contributed by atoms with E-state index in [0.717, 1.165) is 16.8 Å². The van der Waals surface area contributed by atoms with E-state index in [9.17, 15) is 9.59 Å². The second-order valence-corrected chi connectivity index (χ2v) is 7.53. The number of thiazole rings is 1. The van der Waals surface area contributed by atoms with Gasteiger partial charge in [-0.1, -0.05) is 29.8 Å². The van der Waals surface area contributed by atoms with Crippen molar-refractivity contribution in [1.29, 1.82) is 0 Å². The largest absolute Gasteiger partial charge is 0.452 e. The molecule has 9 heteroatoms. The van der Waals surface area contributed by atoms with Crippen LogP contribution in [0.1, 0.15) is 15.9 Å². The van der Waals surface area contributed by atoms with Gasteiger partial charge in [-0.15, -0.1) is 11.3 Å². The Kier molecular flexibility index (Phi) is 6.47. The van der Waals surface area contributed by atoms with Crippen molar-refractivity contribution < 1.29 is 19.1 Å². The fourth-order valence-electron chi connectivity index (χ4n) is 2.70. The number of hydrogen-bond donors (Lipinski definition) is 1. The predicted molar refractivity (Wildman–Crippen MR) is 120 cm³/mol. The van der Waals surface area contributed by atoms with E-state index in [1.54, 1.807) is 24.4 Å². The highest BCUT2D eigenvalue weighted by molar-refractivity contribution is 7.14. The molecule has 1 amide bonds. The Morgan fingerprint density at radius 3 is 2.66 bits per heavy atom. The van der Waals surface area contributed by atoms with Gasteiger partial charge in [-0.2, -0.15) is 0 Å². The minimum atomic E-state index is -0.730. The maximum Gasteiger partial charge on any atom is 0.344 e. The number of hydrogen-bond acceptors (Lipinski definition) is 8. The quantitative estimate of drug-likeness (QED) is 0.417. The number of nitrogens with zero attached hydrogens (tertiary/aromatic N) is 3. The fourth-order valence-corrected chi connectivity index (χ4v) is 3.43. The summed E-state index contributed by atoms with van der Waals surface area (Å²) in [5, 5.41) is 4.91. The van der Waals surface area contributed by atoms with E-state index in [1.165, 1.54) is 29.8 Å². The molecule has 0 aliphatic rings.